The maximum Gasteiger partial charge on any atom is 0.244 e. The van der Waals surface area contributed by atoms with Gasteiger partial charge in [0.15, 0.2) is 0 Å². The highest BCUT2D eigenvalue weighted by Gasteiger charge is 2.22. The van der Waals surface area contributed by atoms with Crippen LogP contribution in [0.1, 0.15) is 33.1 Å². The molecule has 5 nitrogen and oxygen atoms in total. The Hall–Kier alpha value is -1.10. The molecule has 0 aromatic rings. The van der Waals surface area contributed by atoms with Crippen LogP contribution in [0.25, 0.3) is 0 Å². The van der Waals surface area contributed by atoms with Crippen LogP contribution >= 0.6 is 0 Å². The summed E-state index contributed by atoms with van der Waals surface area (Å²) in [5.41, 5.74) is 0. The van der Waals surface area contributed by atoms with Crippen LogP contribution in [0, 0.1) is 5.92 Å². The lowest BCUT2D eigenvalue weighted by atomic mass is 10.0. The van der Waals surface area contributed by atoms with Crippen LogP contribution in [0.3, 0.4) is 0 Å². The van der Waals surface area contributed by atoms with Crippen molar-refractivity contribution in [3.05, 3.63) is 0 Å². The zero-order chi connectivity index (χ0) is 14.1. The number of nitrogens with one attached hydrogen (secondary N) is 2. The first kappa shape index (κ1) is 16.9. The van der Waals surface area contributed by atoms with E-state index in [9.17, 15) is 9.59 Å². The Labute approximate surface area is 110 Å². The van der Waals surface area contributed by atoms with E-state index in [4.69, 9.17) is 0 Å². The Morgan fingerprint density at radius 3 is 2.28 bits per heavy atom. The first-order valence-electron chi connectivity index (χ1n) is 6.53. The molecular weight excluding hydrogens is 230 g/mol. The molecule has 1 atom stereocenters. The second-order valence-electron chi connectivity index (χ2n) is 5.19. The number of hydrogen-bond acceptors (Lipinski definition) is 3. The molecule has 18 heavy (non-hydrogen) atoms. The minimum Gasteiger partial charge on any atom is -0.347 e. The highest BCUT2D eigenvalue weighted by Crippen LogP contribution is 2.07. The second kappa shape index (κ2) is 8.91. The van der Waals surface area contributed by atoms with Gasteiger partial charge in [-0.15, -0.1) is 0 Å². The molecule has 0 aliphatic rings. The summed E-state index contributed by atoms with van der Waals surface area (Å²) in [7, 11) is 5.28. The van der Waals surface area contributed by atoms with Crippen molar-refractivity contribution in [2.24, 2.45) is 5.92 Å². The summed E-state index contributed by atoms with van der Waals surface area (Å²) in [5, 5.41) is 5.82. The van der Waals surface area contributed by atoms with Gasteiger partial charge in [0.1, 0.15) is 6.04 Å². The molecule has 0 aliphatic heterocycles. The van der Waals surface area contributed by atoms with Gasteiger partial charge in [0, 0.05) is 20.5 Å². The fraction of sp³-hybridized carbons (Fsp3) is 0.846. The third-order valence-electron chi connectivity index (χ3n) is 2.61. The standard InChI is InChI=1S/C13H27N3O2/c1-10(2)9-11(13(18)16(4)5)15-12(17)7-6-8-14-3/h10-11,14H,6-9H2,1-5H3,(H,15,17). The Morgan fingerprint density at radius 1 is 1.22 bits per heavy atom. The average Bonchev–Trinajstić information content (AvgIpc) is 2.26. The van der Waals surface area contributed by atoms with Crippen LogP contribution in [0.2, 0.25) is 0 Å². The van der Waals surface area contributed by atoms with E-state index in [1.165, 1.54) is 4.90 Å². The third kappa shape index (κ3) is 7.27. The summed E-state index contributed by atoms with van der Waals surface area (Å²) in [6, 6.07) is -0.401. The summed E-state index contributed by atoms with van der Waals surface area (Å²) in [4.78, 5) is 25.2. The van der Waals surface area contributed by atoms with Crippen molar-refractivity contribution in [1.29, 1.82) is 0 Å². The van der Waals surface area contributed by atoms with Crippen molar-refractivity contribution in [1.82, 2.24) is 15.5 Å². The molecule has 106 valence electrons. The molecule has 0 bridgehead atoms. The molecule has 2 N–H and O–H groups in total. The van der Waals surface area contributed by atoms with Gasteiger partial charge in [-0.2, -0.15) is 0 Å². The lowest BCUT2D eigenvalue weighted by Gasteiger charge is -2.23. The predicted molar refractivity (Wildman–Crippen MR) is 73.2 cm³/mol. The third-order valence-corrected chi connectivity index (χ3v) is 2.61. The van der Waals surface area contributed by atoms with Gasteiger partial charge in [-0.25, -0.2) is 0 Å². The van der Waals surface area contributed by atoms with Crippen LogP contribution in [-0.2, 0) is 9.59 Å². The number of amides is 2. The zero-order valence-electron chi connectivity index (χ0n) is 12.2. The molecule has 0 aromatic carbocycles. The van der Waals surface area contributed by atoms with Crippen LogP contribution < -0.4 is 10.6 Å². The maximum absolute atomic E-state index is 11.9. The molecule has 0 aromatic heterocycles. The quantitative estimate of drug-likeness (QED) is 0.626. The maximum atomic E-state index is 11.9. The van der Waals surface area contributed by atoms with Crippen LogP contribution in [-0.4, -0.2) is 50.4 Å². The summed E-state index contributed by atoms with van der Waals surface area (Å²) in [5.74, 6) is 0.285. The Morgan fingerprint density at radius 2 is 1.83 bits per heavy atom. The smallest absolute Gasteiger partial charge is 0.244 e. The fourth-order valence-electron chi connectivity index (χ4n) is 1.70. The number of likely N-dealkylation sites (N-methyl/N-ethyl adjacent to an activating group) is 1. The first-order valence-corrected chi connectivity index (χ1v) is 6.53. The van der Waals surface area contributed by atoms with E-state index in [2.05, 4.69) is 10.6 Å². The summed E-state index contributed by atoms with van der Waals surface area (Å²) in [6.45, 7) is 4.90. The molecule has 0 saturated heterocycles. The number of rotatable bonds is 8. The minimum atomic E-state index is -0.401. The van der Waals surface area contributed by atoms with Crippen LogP contribution in [0.5, 0.6) is 0 Å². The zero-order valence-corrected chi connectivity index (χ0v) is 12.2. The van der Waals surface area contributed by atoms with Gasteiger partial charge in [0.25, 0.3) is 0 Å². The van der Waals surface area contributed by atoms with E-state index < -0.39 is 6.04 Å². The normalized spacial score (nSPS) is 12.3. The van der Waals surface area contributed by atoms with E-state index in [1.807, 2.05) is 20.9 Å². The van der Waals surface area contributed by atoms with Gasteiger partial charge in [0.05, 0.1) is 0 Å². The molecule has 0 rings (SSSR count). The molecule has 0 radical (unpaired) electrons. The highest BCUT2D eigenvalue weighted by molar-refractivity contribution is 5.87. The number of nitrogens with zero attached hydrogens (tertiary/aromatic N) is 1. The van der Waals surface area contributed by atoms with Gasteiger partial charge in [-0.3, -0.25) is 9.59 Å². The van der Waals surface area contributed by atoms with E-state index in [-0.39, 0.29) is 11.8 Å². The van der Waals surface area contributed by atoms with Crippen molar-refractivity contribution in [2.45, 2.75) is 39.2 Å². The van der Waals surface area contributed by atoms with Crippen molar-refractivity contribution in [3.63, 3.8) is 0 Å². The molecule has 0 spiro atoms. The number of hydrogen-bond donors (Lipinski definition) is 2. The van der Waals surface area contributed by atoms with Crippen molar-refractivity contribution < 1.29 is 9.59 Å². The molecular formula is C13H27N3O2. The monoisotopic (exact) mass is 257 g/mol. The van der Waals surface area contributed by atoms with E-state index in [0.717, 1.165) is 13.0 Å². The van der Waals surface area contributed by atoms with E-state index >= 15 is 0 Å². The summed E-state index contributed by atoms with van der Waals surface area (Å²) in [6.07, 6.45) is 1.91. The second-order valence-corrected chi connectivity index (χ2v) is 5.19. The van der Waals surface area contributed by atoms with E-state index in [0.29, 0.717) is 18.8 Å². The Kier molecular flexibility index (Phi) is 8.37. The number of carbonyl (C=O) groups excluding carboxylic acids is 2. The molecule has 0 fully saturated rings. The fourth-order valence-corrected chi connectivity index (χ4v) is 1.70. The molecule has 0 heterocycles. The first-order chi connectivity index (χ1) is 8.38. The van der Waals surface area contributed by atoms with Crippen LogP contribution in [0.15, 0.2) is 0 Å². The molecule has 5 heteroatoms. The largest absolute Gasteiger partial charge is 0.347 e. The highest BCUT2D eigenvalue weighted by atomic mass is 16.2. The van der Waals surface area contributed by atoms with E-state index in [1.54, 1.807) is 14.1 Å². The molecule has 1 unspecified atom stereocenters. The van der Waals surface area contributed by atoms with Gasteiger partial charge in [0.2, 0.25) is 11.8 Å². The van der Waals surface area contributed by atoms with Crippen LogP contribution in [0.4, 0.5) is 0 Å². The predicted octanol–water partition coefficient (Wildman–Crippen LogP) is 0.605. The average molecular weight is 257 g/mol. The van der Waals surface area contributed by atoms with Crippen molar-refractivity contribution >= 4 is 11.8 Å². The summed E-state index contributed by atoms with van der Waals surface area (Å²) < 4.78 is 0. The Bertz CT molecular complexity index is 265. The van der Waals surface area contributed by atoms with Gasteiger partial charge in [-0.05, 0) is 32.4 Å². The molecule has 0 aliphatic carbocycles. The van der Waals surface area contributed by atoms with Crippen molar-refractivity contribution in [3.8, 4) is 0 Å². The number of carbonyl (C=O) groups is 2. The Balaban J connectivity index is 4.31. The topological polar surface area (TPSA) is 61.4 Å². The van der Waals surface area contributed by atoms with Crippen molar-refractivity contribution in [2.75, 3.05) is 27.7 Å². The lowest BCUT2D eigenvalue weighted by Crippen LogP contribution is -2.46. The lowest BCUT2D eigenvalue weighted by molar-refractivity contribution is -0.134. The van der Waals surface area contributed by atoms with Gasteiger partial charge in [-0.1, -0.05) is 13.8 Å². The van der Waals surface area contributed by atoms with Gasteiger partial charge >= 0.3 is 0 Å². The van der Waals surface area contributed by atoms with Gasteiger partial charge < -0.3 is 15.5 Å². The molecule has 2 amide bonds. The molecule has 0 saturated carbocycles. The summed E-state index contributed by atoms with van der Waals surface area (Å²) >= 11 is 0. The minimum absolute atomic E-state index is 0.0364. The SMILES string of the molecule is CNCCCC(=O)NC(CC(C)C)C(=O)N(C)C.